The lowest BCUT2D eigenvalue weighted by atomic mass is 10.5. The van der Waals surface area contributed by atoms with Gasteiger partial charge in [0.05, 0.1) is 12.3 Å². The Balaban J connectivity index is 3.01. The second-order valence-electron chi connectivity index (χ2n) is 1.74. The Bertz CT molecular complexity index is 209. The first-order valence-corrected chi connectivity index (χ1v) is 3.32. The topological polar surface area (TPSA) is 38.0 Å². The minimum absolute atomic E-state index is 0.0368. The van der Waals surface area contributed by atoms with Crippen LogP contribution in [0.5, 0.6) is 0 Å². The average molecular weight is 191 g/mol. The molecule has 1 aromatic rings. The van der Waals surface area contributed by atoms with E-state index < -0.39 is 0 Å². The van der Waals surface area contributed by atoms with Crippen LogP contribution in [-0.2, 0) is 13.7 Å². The zero-order valence-electron chi connectivity index (χ0n) is 5.00. The quantitative estimate of drug-likeness (QED) is 0.708. The highest BCUT2D eigenvalue weighted by Crippen LogP contribution is 2.08. The van der Waals surface area contributed by atoms with Gasteiger partial charge in [-0.25, -0.2) is 0 Å². The van der Waals surface area contributed by atoms with Gasteiger partial charge < -0.3 is 5.11 Å². The van der Waals surface area contributed by atoms with E-state index in [0.29, 0.717) is 0 Å². The SMILES string of the molecule is Cn1nc(Br)cc1CO. The summed E-state index contributed by atoms with van der Waals surface area (Å²) in [6.07, 6.45) is 0. The van der Waals surface area contributed by atoms with Crippen LogP contribution in [-0.4, -0.2) is 14.9 Å². The van der Waals surface area contributed by atoms with E-state index >= 15 is 0 Å². The molecule has 0 spiro atoms. The first-order chi connectivity index (χ1) is 4.24. The zero-order chi connectivity index (χ0) is 6.85. The minimum atomic E-state index is 0.0368. The van der Waals surface area contributed by atoms with E-state index in [0.717, 1.165) is 10.3 Å². The smallest absolute Gasteiger partial charge is 0.128 e. The molecule has 0 saturated heterocycles. The molecule has 4 heteroatoms. The highest BCUT2D eigenvalue weighted by Gasteiger charge is 1.98. The summed E-state index contributed by atoms with van der Waals surface area (Å²) in [7, 11) is 1.79. The predicted octanol–water partition coefficient (Wildman–Crippen LogP) is 0.675. The van der Waals surface area contributed by atoms with E-state index in [4.69, 9.17) is 5.11 Å². The van der Waals surface area contributed by atoms with Crippen molar-refractivity contribution >= 4 is 15.9 Å². The summed E-state index contributed by atoms with van der Waals surface area (Å²) in [6.45, 7) is 0.0368. The monoisotopic (exact) mass is 190 g/mol. The Labute approximate surface area is 61.4 Å². The van der Waals surface area contributed by atoms with E-state index in [1.807, 2.05) is 0 Å². The number of hydrogen-bond acceptors (Lipinski definition) is 2. The standard InChI is InChI=1S/C5H7BrN2O/c1-8-4(3-9)2-5(6)7-8/h2,9H,3H2,1H3. The maximum absolute atomic E-state index is 8.65. The third kappa shape index (κ3) is 1.31. The van der Waals surface area contributed by atoms with Crippen molar-refractivity contribution in [2.75, 3.05) is 0 Å². The van der Waals surface area contributed by atoms with Crippen molar-refractivity contribution in [2.24, 2.45) is 7.05 Å². The minimum Gasteiger partial charge on any atom is -0.390 e. The Morgan fingerprint density at radius 1 is 1.89 bits per heavy atom. The molecule has 0 bridgehead atoms. The highest BCUT2D eigenvalue weighted by molar-refractivity contribution is 9.10. The van der Waals surface area contributed by atoms with Crippen molar-refractivity contribution in [1.82, 2.24) is 9.78 Å². The second-order valence-corrected chi connectivity index (χ2v) is 2.55. The molecule has 0 unspecified atom stereocenters. The van der Waals surface area contributed by atoms with Crippen molar-refractivity contribution in [3.05, 3.63) is 16.4 Å². The first kappa shape index (κ1) is 6.77. The molecule has 0 aromatic carbocycles. The van der Waals surface area contributed by atoms with Gasteiger partial charge in [0, 0.05) is 7.05 Å². The average Bonchev–Trinajstić information content (AvgIpc) is 2.10. The third-order valence-corrected chi connectivity index (χ3v) is 1.50. The number of aliphatic hydroxyl groups excluding tert-OH is 1. The fourth-order valence-electron chi connectivity index (χ4n) is 0.615. The van der Waals surface area contributed by atoms with Crippen LogP contribution < -0.4 is 0 Å². The Hall–Kier alpha value is -0.350. The summed E-state index contributed by atoms with van der Waals surface area (Å²) in [5, 5.41) is 12.6. The lowest BCUT2D eigenvalue weighted by molar-refractivity contribution is 0.270. The summed E-state index contributed by atoms with van der Waals surface area (Å²) >= 11 is 3.18. The van der Waals surface area contributed by atoms with Crippen molar-refractivity contribution in [2.45, 2.75) is 6.61 Å². The number of rotatable bonds is 1. The van der Waals surface area contributed by atoms with Gasteiger partial charge in [0.1, 0.15) is 4.60 Å². The lowest BCUT2D eigenvalue weighted by Gasteiger charge is -1.92. The van der Waals surface area contributed by atoms with Gasteiger partial charge in [-0.05, 0) is 22.0 Å². The molecule has 0 aliphatic heterocycles. The van der Waals surface area contributed by atoms with Crippen LogP contribution >= 0.6 is 15.9 Å². The number of nitrogens with zero attached hydrogens (tertiary/aromatic N) is 2. The Kier molecular flexibility index (Phi) is 1.87. The number of aromatic nitrogens is 2. The predicted molar refractivity (Wildman–Crippen MR) is 36.8 cm³/mol. The molecule has 1 N–H and O–H groups in total. The molecule has 3 nitrogen and oxygen atoms in total. The largest absolute Gasteiger partial charge is 0.390 e. The van der Waals surface area contributed by atoms with Gasteiger partial charge in [-0.2, -0.15) is 5.10 Å². The van der Waals surface area contributed by atoms with Crippen LogP contribution in [0.15, 0.2) is 10.7 Å². The molecule has 1 aromatic heterocycles. The molecule has 0 aliphatic rings. The maximum Gasteiger partial charge on any atom is 0.128 e. The summed E-state index contributed by atoms with van der Waals surface area (Å²) < 4.78 is 2.39. The van der Waals surface area contributed by atoms with Crippen molar-refractivity contribution in [3.63, 3.8) is 0 Å². The normalized spacial score (nSPS) is 10.1. The van der Waals surface area contributed by atoms with Crippen LogP contribution in [0.2, 0.25) is 0 Å². The van der Waals surface area contributed by atoms with Crippen LogP contribution in [0, 0.1) is 0 Å². The summed E-state index contributed by atoms with van der Waals surface area (Å²) in [6, 6.07) is 1.78. The van der Waals surface area contributed by atoms with E-state index in [1.54, 1.807) is 17.8 Å². The number of aliphatic hydroxyl groups is 1. The second kappa shape index (κ2) is 2.49. The molecule has 0 aliphatic carbocycles. The molecule has 0 atom stereocenters. The lowest BCUT2D eigenvalue weighted by Crippen LogP contribution is -1.96. The maximum atomic E-state index is 8.65. The van der Waals surface area contributed by atoms with Crippen LogP contribution in [0.1, 0.15) is 5.69 Å². The van der Waals surface area contributed by atoms with Gasteiger partial charge in [0.25, 0.3) is 0 Å². The molecule has 1 rings (SSSR count). The van der Waals surface area contributed by atoms with Gasteiger partial charge in [-0.3, -0.25) is 4.68 Å². The van der Waals surface area contributed by atoms with Gasteiger partial charge in [-0.15, -0.1) is 0 Å². The molecule has 0 amide bonds. The van der Waals surface area contributed by atoms with E-state index in [9.17, 15) is 0 Å². The van der Waals surface area contributed by atoms with Crippen molar-refractivity contribution in [1.29, 1.82) is 0 Å². The van der Waals surface area contributed by atoms with Crippen LogP contribution in [0.25, 0.3) is 0 Å². The van der Waals surface area contributed by atoms with Gasteiger partial charge in [0.15, 0.2) is 0 Å². The summed E-state index contributed by atoms with van der Waals surface area (Å²) in [5.41, 5.74) is 0.807. The number of halogens is 1. The molecule has 0 radical (unpaired) electrons. The zero-order valence-corrected chi connectivity index (χ0v) is 6.59. The van der Waals surface area contributed by atoms with E-state index in [-0.39, 0.29) is 6.61 Å². The molecule has 9 heavy (non-hydrogen) atoms. The fourth-order valence-corrected chi connectivity index (χ4v) is 1.12. The molecule has 1 heterocycles. The van der Waals surface area contributed by atoms with Gasteiger partial charge >= 0.3 is 0 Å². The number of aryl methyl sites for hydroxylation is 1. The van der Waals surface area contributed by atoms with E-state index in [2.05, 4.69) is 21.0 Å². The van der Waals surface area contributed by atoms with Gasteiger partial charge in [0.2, 0.25) is 0 Å². The molecule has 0 fully saturated rings. The fraction of sp³-hybridized carbons (Fsp3) is 0.400. The molecule has 0 saturated carbocycles. The van der Waals surface area contributed by atoms with E-state index in [1.165, 1.54) is 0 Å². The Morgan fingerprint density at radius 3 is 2.78 bits per heavy atom. The van der Waals surface area contributed by atoms with Crippen molar-refractivity contribution < 1.29 is 5.11 Å². The number of hydrogen-bond donors (Lipinski definition) is 1. The van der Waals surface area contributed by atoms with Crippen LogP contribution in [0.3, 0.4) is 0 Å². The summed E-state index contributed by atoms with van der Waals surface area (Å²) in [5.74, 6) is 0. The summed E-state index contributed by atoms with van der Waals surface area (Å²) in [4.78, 5) is 0. The Morgan fingerprint density at radius 2 is 2.56 bits per heavy atom. The third-order valence-electron chi connectivity index (χ3n) is 1.11. The first-order valence-electron chi connectivity index (χ1n) is 2.53. The van der Waals surface area contributed by atoms with Crippen LogP contribution in [0.4, 0.5) is 0 Å². The highest BCUT2D eigenvalue weighted by atomic mass is 79.9. The molecular weight excluding hydrogens is 184 g/mol. The van der Waals surface area contributed by atoms with Gasteiger partial charge in [-0.1, -0.05) is 0 Å². The molecule has 50 valence electrons. The molecular formula is C5H7BrN2O. The van der Waals surface area contributed by atoms with Crippen molar-refractivity contribution in [3.8, 4) is 0 Å².